The number of barbiturate groups is 1. The summed E-state index contributed by atoms with van der Waals surface area (Å²) in [4.78, 5) is 38.0. The Labute approximate surface area is 159 Å². The molecule has 0 spiro atoms. The monoisotopic (exact) mass is 386 g/mol. The molecule has 1 aliphatic rings. The van der Waals surface area contributed by atoms with Crippen LogP contribution in [0.5, 0.6) is 11.5 Å². The Bertz CT molecular complexity index is 1000. The summed E-state index contributed by atoms with van der Waals surface area (Å²) >= 11 is 6.08. The third-order valence-corrected chi connectivity index (χ3v) is 4.44. The van der Waals surface area contributed by atoms with Crippen molar-refractivity contribution in [1.29, 1.82) is 0 Å². The van der Waals surface area contributed by atoms with E-state index in [0.717, 1.165) is 10.5 Å². The van der Waals surface area contributed by atoms with Crippen molar-refractivity contribution < 1.29 is 24.2 Å². The second kappa shape index (κ2) is 7.13. The van der Waals surface area contributed by atoms with E-state index >= 15 is 0 Å². The van der Waals surface area contributed by atoms with Crippen LogP contribution in [0, 0.1) is 6.92 Å². The first-order chi connectivity index (χ1) is 12.8. The van der Waals surface area contributed by atoms with Gasteiger partial charge in [-0.05, 0) is 48.4 Å². The van der Waals surface area contributed by atoms with Crippen LogP contribution in [0.25, 0.3) is 6.08 Å². The number of imide groups is 2. The molecule has 27 heavy (non-hydrogen) atoms. The van der Waals surface area contributed by atoms with Gasteiger partial charge < -0.3 is 9.84 Å². The number of rotatable bonds is 3. The molecule has 0 saturated carbocycles. The highest BCUT2D eigenvalue weighted by Crippen LogP contribution is 2.29. The van der Waals surface area contributed by atoms with Crippen LogP contribution < -0.4 is 15.0 Å². The Morgan fingerprint density at radius 2 is 1.89 bits per heavy atom. The molecule has 138 valence electrons. The summed E-state index contributed by atoms with van der Waals surface area (Å²) in [5.74, 6) is -1.51. The predicted octanol–water partition coefficient (Wildman–Crippen LogP) is 3.03. The lowest BCUT2D eigenvalue weighted by molar-refractivity contribution is -0.122. The molecule has 1 saturated heterocycles. The third-order valence-electron chi connectivity index (χ3n) is 4.03. The number of carbonyl (C=O) groups is 3. The average Bonchev–Trinajstić information content (AvgIpc) is 2.61. The van der Waals surface area contributed by atoms with Gasteiger partial charge in [0.25, 0.3) is 11.8 Å². The Morgan fingerprint density at radius 3 is 2.52 bits per heavy atom. The molecular weight excluding hydrogens is 372 g/mol. The highest BCUT2D eigenvalue weighted by molar-refractivity contribution is 6.39. The number of aryl methyl sites for hydroxylation is 1. The van der Waals surface area contributed by atoms with Gasteiger partial charge in [0.15, 0.2) is 11.5 Å². The van der Waals surface area contributed by atoms with Crippen LogP contribution in [0.4, 0.5) is 10.5 Å². The van der Waals surface area contributed by atoms with Crippen molar-refractivity contribution in [2.75, 3.05) is 12.0 Å². The number of urea groups is 1. The van der Waals surface area contributed by atoms with Crippen LogP contribution in [0.2, 0.25) is 5.02 Å². The summed E-state index contributed by atoms with van der Waals surface area (Å²) in [7, 11) is 1.40. The fourth-order valence-corrected chi connectivity index (χ4v) is 2.75. The molecule has 2 aromatic rings. The van der Waals surface area contributed by atoms with Gasteiger partial charge in [-0.25, -0.2) is 9.69 Å². The number of carbonyl (C=O) groups excluding carboxylic acids is 3. The van der Waals surface area contributed by atoms with Crippen molar-refractivity contribution >= 4 is 41.2 Å². The number of halogens is 1. The SMILES string of the molecule is COc1ccc(C=C2C(=O)NC(=O)N(c3ccc(C)c(Cl)c3)C2=O)cc1O. The Balaban J connectivity index is 2.01. The summed E-state index contributed by atoms with van der Waals surface area (Å²) in [6.45, 7) is 1.79. The number of benzene rings is 2. The topological polar surface area (TPSA) is 95.9 Å². The van der Waals surface area contributed by atoms with Gasteiger partial charge in [-0.15, -0.1) is 0 Å². The minimum Gasteiger partial charge on any atom is -0.504 e. The molecule has 1 heterocycles. The van der Waals surface area contributed by atoms with Gasteiger partial charge in [-0.2, -0.15) is 0 Å². The first-order valence-corrected chi connectivity index (χ1v) is 8.24. The largest absolute Gasteiger partial charge is 0.504 e. The van der Waals surface area contributed by atoms with Crippen molar-refractivity contribution in [3.05, 3.63) is 58.1 Å². The average molecular weight is 387 g/mol. The van der Waals surface area contributed by atoms with Gasteiger partial charge in [0.2, 0.25) is 0 Å². The van der Waals surface area contributed by atoms with Crippen molar-refractivity contribution in [3.63, 3.8) is 0 Å². The number of methoxy groups -OCH3 is 1. The molecule has 0 radical (unpaired) electrons. The Hall–Kier alpha value is -3.32. The van der Waals surface area contributed by atoms with Crippen molar-refractivity contribution in [2.45, 2.75) is 6.92 Å². The molecule has 1 fully saturated rings. The van der Waals surface area contributed by atoms with E-state index in [1.807, 2.05) is 0 Å². The number of nitrogens with one attached hydrogen (secondary N) is 1. The van der Waals surface area contributed by atoms with Gasteiger partial charge in [0.05, 0.1) is 12.8 Å². The lowest BCUT2D eigenvalue weighted by atomic mass is 10.1. The molecule has 7 nitrogen and oxygen atoms in total. The molecule has 2 N–H and O–H groups in total. The smallest absolute Gasteiger partial charge is 0.335 e. The maximum absolute atomic E-state index is 12.8. The fourth-order valence-electron chi connectivity index (χ4n) is 2.58. The minimum atomic E-state index is -0.861. The van der Waals surface area contributed by atoms with Crippen molar-refractivity contribution in [2.24, 2.45) is 0 Å². The predicted molar refractivity (Wildman–Crippen MR) is 99.8 cm³/mol. The van der Waals surface area contributed by atoms with Crippen LogP contribution in [0.3, 0.4) is 0 Å². The molecule has 8 heteroatoms. The van der Waals surface area contributed by atoms with E-state index in [0.29, 0.717) is 10.6 Å². The highest BCUT2D eigenvalue weighted by Gasteiger charge is 2.37. The molecule has 4 amide bonds. The fraction of sp³-hybridized carbons (Fsp3) is 0.105. The third kappa shape index (κ3) is 3.50. The molecule has 0 atom stereocenters. The molecule has 0 aliphatic carbocycles. The van der Waals surface area contributed by atoms with Crippen molar-refractivity contribution in [1.82, 2.24) is 5.32 Å². The number of aromatic hydroxyl groups is 1. The van der Waals surface area contributed by atoms with Crippen molar-refractivity contribution in [3.8, 4) is 11.5 Å². The number of hydrogen-bond acceptors (Lipinski definition) is 5. The van der Waals surface area contributed by atoms with Gasteiger partial charge in [-0.3, -0.25) is 14.9 Å². The van der Waals surface area contributed by atoms with Gasteiger partial charge in [0, 0.05) is 5.02 Å². The van der Waals surface area contributed by atoms with Crippen LogP contribution in [-0.2, 0) is 9.59 Å². The van der Waals surface area contributed by atoms with Crippen LogP contribution in [0.1, 0.15) is 11.1 Å². The number of phenolic OH excluding ortho intramolecular Hbond substituents is 1. The Morgan fingerprint density at radius 1 is 1.15 bits per heavy atom. The van der Waals surface area contributed by atoms with Gasteiger partial charge in [-0.1, -0.05) is 23.7 Å². The zero-order chi connectivity index (χ0) is 19.7. The lowest BCUT2D eigenvalue weighted by Gasteiger charge is -2.26. The second-order valence-corrected chi connectivity index (χ2v) is 6.23. The maximum atomic E-state index is 12.8. The van der Waals surface area contributed by atoms with E-state index in [1.54, 1.807) is 25.1 Å². The van der Waals surface area contributed by atoms with Crippen LogP contribution in [-0.4, -0.2) is 30.1 Å². The van der Waals surface area contributed by atoms with Gasteiger partial charge in [0.1, 0.15) is 5.57 Å². The van der Waals surface area contributed by atoms with Crippen LogP contribution in [0.15, 0.2) is 42.0 Å². The summed E-state index contributed by atoms with van der Waals surface area (Å²) in [6, 6.07) is 8.24. The zero-order valence-corrected chi connectivity index (χ0v) is 15.2. The summed E-state index contributed by atoms with van der Waals surface area (Å²) in [5, 5.41) is 12.4. The van der Waals surface area contributed by atoms with Crippen LogP contribution >= 0.6 is 11.6 Å². The lowest BCUT2D eigenvalue weighted by Crippen LogP contribution is -2.54. The quantitative estimate of drug-likeness (QED) is 0.624. The number of amides is 4. The molecular formula is C19H15ClN2O5. The van der Waals surface area contributed by atoms with E-state index < -0.39 is 17.8 Å². The van der Waals surface area contributed by atoms with E-state index in [2.05, 4.69) is 5.32 Å². The number of phenols is 1. The molecule has 2 aromatic carbocycles. The molecule has 0 unspecified atom stereocenters. The van der Waals surface area contributed by atoms with E-state index in [4.69, 9.17) is 16.3 Å². The van der Waals surface area contributed by atoms with E-state index in [-0.39, 0.29) is 22.8 Å². The number of hydrogen-bond donors (Lipinski definition) is 2. The van der Waals surface area contributed by atoms with E-state index in [1.165, 1.54) is 31.4 Å². The standard InChI is InChI=1S/C19H15ClN2O5/c1-10-3-5-12(9-14(10)20)22-18(25)13(17(24)21-19(22)26)7-11-4-6-16(27-2)15(23)8-11/h3-9,23H,1-2H3,(H,21,24,26). The minimum absolute atomic E-state index is 0.145. The molecule has 3 rings (SSSR count). The maximum Gasteiger partial charge on any atom is 0.335 e. The molecule has 0 bridgehead atoms. The zero-order valence-electron chi connectivity index (χ0n) is 14.4. The number of anilines is 1. The highest BCUT2D eigenvalue weighted by atomic mass is 35.5. The summed E-state index contributed by atoms with van der Waals surface area (Å²) in [5.41, 5.74) is 1.16. The second-order valence-electron chi connectivity index (χ2n) is 5.82. The van der Waals surface area contributed by atoms with Gasteiger partial charge >= 0.3 is 6.03 Å². The molecule has 0 aromatic heterocycles. The summed E-state index contributed by atoms with van der Waals surface area (Å²) < 4.78 is 4.96. The normalized spacial score (nSPS) is 15.9. The molecule has 1 aliphatic heterocycles. The Kier molecular flexibility index (Phi) is 4.87. The summed E-state index contributed by atoms with van der Waals surface area (Å²) in [6.07, 6.45) is 1.28. The number of ether oxygens (including phenoxy) is 1. The first-order valence-electron chi connectivity index (χ1n) is 7.86. The first kappa shape index (κ1) is 18.5. The van der Waals surface area contributed by atoms with E-state index in [9.17, 15) is 19.5 Å². The number of nitrogens with zero attached hydrogens (tertiary/aromatic N) is 1.